The highest BCUT2D eigenvalue weighted by molar-refractivity contribution is 9.11. The topological polar surface area (TPSA) is 54.0 Å². The molecular formula is C27H38Br3N3O3. The Morgan fingerprint density at radius 3 is 2.14 bits per heavy atom. The largest absolute Gasteiger partial charge is 0.493 e. The quantitative estimate of drug-likeness (QED) is 0.222. The first-order valence-corrected chi connectivity index (χ1v) is 14.6. The van der Waals surface area contributed by atoms with Gasteiger partial charge < -0.3 is 24.6 Å². The van der Waals surface area contributed by atoms with Crippen molar-refractivity contribution in [1.29, 1.82) is 0 Å². The number of rotatable bonds is 16. The van der Waals surface area contributed by atoms with Crippen LogP contribution in [0.25, 0.3) is 0 Å². The van der Waals surface area contributed by atoms with Crippen LogP contribution in [0.1, 0.15) is 30.4 Å². The third-order valence-corrected chi connectivity index (χ3v) is 7.51. The molecular weight excluding hydrogens is 654 g/mol. The van der Waals surface area contributed by atoms with E-state index >= 15 is 0 Å². The molecule has 200 valence electrons. The number of ether oxygens (including phenoxy) is 2. The van der Waals surface area contributed by atoms with E-state index in [-0.39, 0.29) is 5.91 Å². The molecule has 0 aliphatic carbocycles. The molecule has 0 unspecified atom stereocenters. The number of nitrogens with zero attached hydrogens (tertiary/aromatic N) is 2. The molecule has 1 amide bonds. The molecule has 0 saturated heterocycles. The van der Waals surface area contributed by atoms with Crippen molar-refractivity contribution < 1.29 is 14.3 Å². The Labute approximate surface area is 241 Å². The van der Waals surface area contributed by atoms with E-state index in [1.807, 2.05) is 30.3 Å². The van der Waals surface area contributed by atoms with Gasteiger partial charge in [-0.2, -0.15) is 0 Å². The Morgan fingerprint density at radius 1 is 0.833 bits per heavy atom. The van der Waals surface area contributed by atoms with Crippen molar-refractivity contribution in [3.05, 3.63) is 54.9 Å². The number of hydrogen-bond donors (Lipinski definition) is 1. The zero-order chi connectivity index (χ0) is 26.5. The number of likely N-dealkylation sites (N-methyl/N-ethyl adjacent to an activating group) is 1. The molecule has 0 aliphatic heterocycles. The van der Waals surface area contributed by atoms with Crippen molar-refractivity contribution in [2.45, 2.75) is 32.1 Å². The van der Waals surface area contributed by atoms with Crippen molar-refractivity contribution in [2.24, 2.45) is 0 Å². The first-order valence-electron chi connectivity index (χ1n) is 12.2. The maximum Gasteiger partial charge on any atom is 0.220 e. The predicted octanol–water partition coefficient (Wildman–Crippen LogP) is 5.93. The second-order valence-corrected chi connectivity index (χ2v) is 11.8. The number of carbonyl (C=O) groups is 1. The van der Waals surface area contributed by atoms with Gasteiger partial charge in [0, 0.05) is 35.0 Å². The highest BCUT2D eigenvalue weighted by atomic mass is 79.9. The second kappa shape index (κ2) is 16.7. The molecule has 0 aliphatic rings. The van der Waals surface area contributed by atoms with Crippen LogP contribution in [-0.4, -0.2) is 76.7 Å². The van der Waals surface area contributed by atoms with Crippen molar-refractivity contribution in [3.63, 3.8) is 0 Å². The number of amides is 1. The smallest absolute Gasteiger partial charge is 0.220 e. The molecule has 0 spiro atoms. The lowest BCUT2D eigenvalue weighted by Gasteiger charge is -2.14. The van der Waals surface area contributed by atoms with Crippen LogP contribution in [0.4, 0.5) is 0 Å². The summed E-state index contributed by atoms with van der Waals surface area (Å²) in [6.45, 7) is 3.78. The fraction of sp³-hybridized carbons (Fsp3) is 0.519. The van der Waals surface area contributed by atoms with Gasteiger partial charge in [0.1, 0.15) is 11.5 Å². The van der Waals surface area contributed by atoms with Crippen molar-refractivity contribution in [1.82, 2.24) is 15.1 Å². The summed E-state index contributed by atoms with van der Waals surface area (Å²) >= 11 is 10.9. The number of benzene rings is 2. The van der Waals surface area contributed by atoms with Crippen LogP contribution >= 0.6 is 47.8 Å². The summed E-state index contributed by atoms with van der Waals surface area (Å²) in [5, 5.41) is 2.99. The summed E-state index contributed by atoms with van der Waals surface area (Å²) in [6.07, 6.45) is 3.81. The zero-order valence-corrected chi connectivity index (χ0v) is 26.5. The fourth-order valence-electron chi connectivity index (χ4n) is 3.45. The lowest BCUT2D eigenvalue weighted by atomic mass is 10.1. The van der Waals surface area contributed by atoms with Gasteiger partial charge in [-0.25, -0.2) is 0 Å². The minimum atomic E-state index is 0.0471. The van der Waals surface area contributed by atoms with Crippen LogP contribution in [0.3, 0.4) is 0 Å². The second-order valence-electron chi connectivity index (χ2n) is 9.24. The number of carbonyl (C=O) groups excluding carboxylic acids is 1. The molecule has 0 fully saturated rings. The lowest BCUT2D eigenvalue weighted by molar-refractivity contribution is -0.121. The number of hydrogen-bond acceptors (Lipinski definition) is 5. The van der Waals surface area contributed by atoms with Crippen LogP contribution in [0.2, 0.25) is 0 Å². The third kappa shape index (κ3) is 11.9. The summed E-state index contributed by atoms with van der Waals surface area (Å²) in [4.78, 5) is 16.6. The van der Waals surface area contributed by atoms with Gasteiger partial charge >= 0.3 is 0 Å². The van der Waals surface area contributed by atoms with Crippen molar-refractivity contribution in [2.75, 3.05) is 61.0 Å². The van der Waals surface area contributed by atoms with Gasteiger partial charge in [-0.1, -0.05) is 37.9 Å². The van der Waals surface area contributed by atoms with E-state index in [0.29, 0.717) is 32.6 Å². The monoisotopic (exact) mass is 689 g/mol. The van der Waals surface area contributed by atoms with Gasteiger partial charge in [-0.3, -0.25) is 4.79 Å². The molecule has 0 radical (unpaired) electrons. The standard InChI is InChI=1S/C27H38Br3N3O3/c1-32(2)13-6-16-36-26-9-7-20(17-25(26)30)8-10-27(34)31-12-5-15-35-21-18-23(28)22(24(29)19-21)11-14-33(3)4/h7,9,17-19H,5-6,8,10-16H2,1-4H3,(H,31,34). The minimum Gasteiger partial charge on any atom is -0.493 e. The molecule has 0 saturated carbocycles. The molecule has 9 heteroatoms. The first kappa shape index (κ1) is 31.1. The van der Waals surface area contributed by atoms with E-state index < -0.39 is 0 Å². The molecule has 1 N–H and O–H groups in total. The van der Waals surface area contributed by atoms with Gasteiger partial charge in [0.25, 0.3) is 0 Å². The molecule has 0 aromatic heterocycles. The van der Waals surface area contributed by atoms with Crippen molar-refractivity contribution >= 4 is 53.7 Å². The zero-order valence-electron chi connectivity index (χ0n) is 21.7. The van der Waals surface area contributed by atoms with Crippen LogP contribution < -0.4 is 14.8 Å². The molecule has 36 heavy (non-hydrogen) atoms. The molecule has 0 atom stereocenters. The Kier molecular flexibility index (Phi) is 14.4. The Morgan fingerprint density at radius 2 is 1.50 bits per heavy atom. The number of halogens is 3. The van der Waals surface area contributed by atoms with Crippen LogP contribution in [0.5, 0.6) is 11.5 Å². The Bertz CT molecular complexity index is 948. The van der Waals surface area contributed by atoms with Gasteiger partial charge in [0.2, 0.25) is 5.91 Å². The van der Waals surface area contributed by atoms with Crippen LogP contribution in [0.15, 0.2) is 43.7 Å². The first-order chi connectivity index (χ1) is 17.2. The van der Waals surface area contributed by atoms with E-state index in [1.165, 1.54) is 5.56 Å². The Balaban J connectivity index is 1.65. The third-order valence-electron chi connectivity index (χ3n) is 5.48. The van der Waals surface area contributed by atoms with Crippen LogP contribution in [-0.2, 0) is 17.6 Å². The van der Waals surface area contributed by atoms with E-state index in [4.69, 9.17) is 9.47 Å². The molecule has 2 aromatic carbocycles. The van der Waals surface area contributed by atoms with E-state index in [9.17, 15) is 4.79 Å². The SMILES string of the molecule is CN(C)CCCOc1ccc(CCC(=O)NCCCOc2cc(Br)c(CCN(C)C)c(Br)c2)cc1Br. The molecule has 2 rings (SSSR count). The van der Waals surface area contributed by atoms with Gasteiger partial charge in [-0.05, 0) is 105 Å². The van der Waals surface area contributed by atoms with E-state index in [2.05, 4.69) is 91.1 Å². The number of aryl methyl sites for hydroxylation is 1. The average molecular weight is 692 g/mol. The van der Waals surface area contributed by atoms with Gasteiger partial charge in [-0.15, -0.1) is 0 Å². The lowest BCUT2D eigenvalue weighted by Crippen LogP contribution is -2.25. The summed E-state index contributed by atoms with van der Waals surface area (Å²) in [7, 11) is 8.25. The highest BCUT2D eigenvalue weighted by Crippen LogP contribution is 2.31. The Hall–Kier alpha value is -1.13. The van der Waals surface area contributed by atoms with E-state index in [1.54, 1.807) is 0 Å². The molecule has 0 bridgehead atoms. The van der Waals surface area contributed by atoms with Crippen LogP contribution in [0, 0.1) is 0 Å². The molecule has 2 aromatic rings. The predicted molar refractivity (Wildman–Crippen MR) is 158 cm³/mol. The van der Waals surface area contributed by atoms with Gasteiger partial charge in [0.05, 0.1) is 17.7 Å². The normalized spacial score (nSPS) is 11.2. The highest BCUT2D eigenvalue weighted by Gasteiger charge is 2.10. The summed E-state index contributed by atoms with van der Waals surface area (Å²) in [6, 6.07) is 10.0. The average Bonchev–Trinajstić information content (AvgIpc) is 2.80. The molecule has 0 heterocycles. The summed E-state index contributed by atoms with van der Waals surface area (Å²) < 4.78 is 14.7. The van der Waals surface area contributed by atoms with Crippen molar-refractivity contribution in [3.8, 4) is 11.5 Å². The van der Waals surface area contributed by atoms with Gasteiger partial charge in [0.15, 0.2) is 0 Å². The number of nitrogens with one attached hydrogen (secondary N) is 1. The van der Waals surface area contributed by atoms with E-state index in [0.717, 1.165) is 62.8 Å². The minimum absolute atomic E-state index is 0.0471. The summed E-state index contributed by atoms with van der Waals surface area (Å²) in [5.41, 5.74) is 2.34. The summed E-state index contributed by atoms with van der Waals surface area (Å²) in [5.74, 6) is 1.69. The maximum absolute atomic E-state index is 12.3. The molecule has 6 nitrogen and oxygen atoms in total. The maximum atomic E-state index is 12.3. The fourth-order valence-corrected chi connectivity index (χ4v) is 5.54.